The zero-order chi connectivity index (χ0) is 13.8. The van der Waals surface area contributed by atoms with E-state index < -0.39 is 0 Å². The molecule has 100 valence electrons. The maximum atomic E-state index is 12.1. The van der Waals surface area contributed by atoms with Gasteiger partial charge < -0.3 is 5.32 Å². The zero-order valence-corrected chi connectivity index (χ0v) is 11.7. The van der Waals surface area contributed by atoms with E-state index >= 15 is 0 Å². The Bertz CT molecular complexity index is 578. The van der Waals surface area contributed by atoms with Crippen LogP contribution in [0.25, 0.3) is 10.9 Å². The van der Waals surface area contributed by atoms with Crippen LogP contribution in [0, 0.1) is 5.92 Å². The van der Waals surface area contributed by atoms with Gasteiger partial charge in [-0.1, -0.05) is 38.1 Å². The summed E-state index contributed by atoms with van der Waals surface area (Å²) in [5.74, 6) is 0.273. The van der Waals surface area contributed by atoms with E-state index in [2.05, 4.69) is 16.4 Å². The van der Waals surface area contributed by atoms with Crippen LogP contribution in [0.15, 0.2) is 36.4 Å². The number of Topliss-reactive ketones (excluding diaryl/α,β-unsaturated/α-hetero) is 1. The number of hydrogen-bond acceptors (Lipinski definition) is 3. The second kappa shape index (κ2) is 5.93. The molecule has 1 unspecified atom stereocenters. The van der Waals surface area contributed by atoms with Gasteiger partial charge in [-0.2, -0.15) is 0 Å². The van der Waals surface area contributed by atoms with Crippen LogP contribution in [-0.4, -0.2) is 23.9 Å². The minimum absolute atomic E-state index is 0.0397. The summed E-state index contributed by atoms with van der Waals surface area (Å²) in [6, 6.07) is 11.9. The van der Waals surface area contributed by atoms with Crippen LogP contribution in [0.4, 0.5) is 0 Å². The molecule has 1 N–H and O–H groups in total. The Hall–Kier alpha value is -1.74. The van der Waals surface area contributed by atoms with Gasteiger partial charge in [-0.05, 0) is 19.2 Å². The molecular weight excluding hydrogens is 236 g/mol. The molecule has 0 saturated heterocycles. The molecule has 0 radical (unpaired) electrons. The van der Waals surface area contributed by atoms with E-state index in [1.165, 1.54) is 0 Å². The minimum atomic E-state index is -0.159. The van der Waals surface area contributed by atoms with Gasteiger partial charge in [0.15, 0.2) is 5.78 Å². The van der Waals surface area contributed by atoms with E-state index in [1.54, 1.807) is 0 Å². The zero-order valence-electron chi connectivity index (χ0n) is 11.7. The first-order chi connectivity index (χ1) is 9.11. The second-order valence-corrected chi connectivity index (χ2v) is 5.10. The highest BCUT2D eigenvalue weighted by molar-refractivity contribution is 5.86. The Balaban J connectivity index is 2.22. The van der Waals surface area contributed by atoms with E-state index in [0.717, 1.165) is 16.6 Å². The summed E-state index contributed by atoms with van der Waals surface area (Å²) in [6.07, 6.45) is 0.637. The fourth-order valence-electron chi connectivity index (χ4n) is 2.18. The lowest BCUT2D eigenvalue weighted by Gasteiger charge is -2.17. The van der Waals surface area contributed by atoms with Gasteiger partial charge in [-0.25, -0.2) is 0 Å². The summed E-state index contributed by atoms with van der Waals surface area (Å²) in [5, 5.41) is 4.22. The fraction of sp³-hybridized carbons (Fsp3) is 0.375. The topological polar surface area (TPSA) is 42.0 Å². The molecule has 0 aliphatic heterocycles. The van der Waals surface area contributed by atoms with Gasteiger partial charge in [0, 0.05) is 23.4 Å². The smallest absolute Gasteiger partial charge is 0.152 e. The third kappa shape index (κ3) is 3.18. The number of carbonyl (C=O) groups excluding carboxylic acids is 1. The maximum absolute atomic E-state index is 12.1. The largest absolute Gasteiger partial charge is 0.310 e. The monoisotopic (exact) mass is 256 g/mol. The number of benzene rings is 1. The van der Waals surface area contributed by atoms with Crippen LogP contribution in [0.5, 0.6) is 0 Å². The standard InChI is InChI=1S/C16H20N2O/c1-11(2)16(19)15(17-3)10-13-9-8-12-6-4-5-7-14(12)18-13/h4-9,11,15,17H,10H2,1-3H3. The van der Waals surface area contributed by atoms with Crippen LogP contribution in [-0.2, 0) is 11.2 Å². The molecule has 0 spiro atoms. The summed E-state index contributed by atoms with van der Waals surface area (Å²) >= 11 is 0. The number of pyridine rings is 1. The van der Waals surface area contributed by atoms with Crippen LogP contribution >= 0.6 is 0 Å². The van der Waals surface area contributed by atoms with Crippen LogP contribution < -0.4 is 5.32 Å². The third-order valence-corrected chi connectivity index (χ3v) is 3.33. The first-order valence-corrected chi connectivity index (χ1v) is 6.67. The molecule has 2 aromatic rings. The Morgan fingerprint density at radius 1 is 1.21 bits per heavy atom. The molecule has 0 bridgehead atoms. The van der Waals surface area contributed by atoms with Gasteiger partial charge in [0.1, 0.15) is 0 Å². The van der Waals surface area contributed by atoms with Crippen molar-refractivity contribution in [3.05, 3.63) is 42.1 Å². The van der Waals surface area contributed by atoms with Crippen LogP contribution in [0.1, 0.15) is 19.5 Å². The van der Waals surface area contributed by atoms with E-state index in [9.17, 15) is 4.79 Å². The molecule has 0 saturated carbocycles. The quantitative estimate of drug-likeness (QED) is 0.894. The first-order valence-electron chi connectivity index (χ1n) is 6.67. The molecule has 3 nitrogen and oxygen atoms in total. The van der Waals surface area contributed by atoms with Gasteiger partial charge in [0.2, 0.25) is 0 Å². The molecule has 2 rings (SSSR count). The lowest BCUT2D eigenvalue weighted by molar-refractivity contribution is -0.123. The number of para-hydroxylation sites is 1. The summed E-state index contributed by atoms with van der Waals surface area (Å²) < 4.78 is 0. The molecular formula is C16H20N2O. The number of nitrogens with one attached hydrogen (secondary N) is 1. The second-order valence-electron chi connectivity index (χ2n) is 5.10. The number of carbonyl (C=O) groups is 1. The van der Waals surface area contributed by atoms with Crippen molar-refractivity contribution in [2.24, 2.45) is 5.92 Å². The van der Waals surface area contributed by atoms with E-state index in [-0.39, 0.29) is 17.7 Å². The van der Waals surface area contributed by atoms with Crippen LogP contribution in [0.3, 0.4) is 0 Å². The maximum Gasteiger partial charge on any atom is 0.152 e. The van der Waals surface area contributed by atoms with Crippen molar-refractivity contribution >= 4 is 16.7 Å². The number of nitrogens with zero attached hydrogens (tertiary/aromatic N) is 1. The molecule has 3 heteroatoms. The van der Waals surface area contributed by atoms with Gasteiger partial charge in [-0.3, -0.25) is 9.78 Å². The molecule has 1 aromatic heterocycles. The molecule has 1 aromatic carbocycles. The molecule has 1 heterocycles. The van der Waals surface area contributed by atoms with Gasteiger partial charge in [0.05, 0.1) is 11.6 Å². The average molecular weight is 256 g/mol. The molecule has 19 heavy (non-hydrogen) atoms. The van der Waals surface area contributed by atoms with Crippen molar-refractivity contribution in [1.82, 2.24) is 10.3 Å². The van der Waals surface area contributed by atoms with Crippen molar-refractivity contribution in [3.8, 4) is 0 Å². The predicted molar refractivity (Wildman–Crippen MR) is 78.1 cm³/mol. The summed E-state index contributed by atoms with van der Waals surface area (Å²) in [7, 11) is 1.83. The fourth-order valence-corrected chi connectivity index (χ4v) is 2.18. The third-order valence-electron chi connectivity index (χ3n) is 3.33. The number of aromatic nitrogens is 1. The lowest BCUT2D eigenvalue weighted by atomic mass is 9.97. The highest BCUT2D eigenvalue weighted by Crippen LogP contribution is 2.13. The van der Waals surface area contributed by atoms with Gasteiger partial charge in [-0.15, -0.1) is 0 Å². The summed E-state index contributed by atoms with van der Waals surface area (Å²) in [5.41, 5.74) is 1.93. The number of hydrogen-bond donors (Lipinski definition) is 1. The SMILES string of the molecule is CNC(Cc1ccc2ccccc2n1)C(=O)C(C)C. The number of rotatable bonds is 5. The highest BCUT2D eigenvalue weighted by atomic mass is 16.1. The van der Waals surface area contributed by atoms with Gasteiger partial charge >= 0.3 is 0 Å². The molecule has 0 aliphatic carbocycles. The van der Waals surface area contributed by atoms with E-state index in [1.807, 2.05) is 51.2 Å². The van der Waals surface area contributed by atoms with Gasteiger partial charge in [0.25, 0.3) is 0 Å². The lowest BCUT2D eigenvalue weighted by Crippen LogP contribution is -2.38. The highest BCUT2D eigenvalue weighted by Gasteiger charge is 2.20. The Morgan fingerprint density at radius 3 is 2.63 bits per heavy atom. The Morgan fingerprint density at radius 2 is 1.95 bits per heavy atom. The average Bonchev–Trinajstić information content (AvgIpc) is 2.43. The molecule has 0 aliphatic rings. The summed E-state index contributed by atoms with van der Waals surface area (Å²) in [4.78, 5) is 16.7. The van der Waals surface area contributed by atoms with Crippen molar-refractivity contribution in [2.75, 3.05) is 7.05 Å². The number of ketones is 1. The van der Waals surface area contributed by atoms with Crippen molar-refractivity contribution < 1.29 is 4.79 Å². The molecule has 0 amide bonds. The predicted octanol–water partition coefficient (Wildman–Crippen LogP) is 2.59. The Kier molecular flexibility index (Phi) is 4.27. The van der Waals surface area contributed by atoms with Crippen molar-refractivity contribution in [1.29, 1.82) is 0 Å². The molecule has 1 atom stereocenters. The Labute approximate surface area is 114 Å². The van der Waals surface area contributed by atoms with Crippen LogP contribution in [0.2, 0.25) is 0 Å². The van der Waals surface area contributed by atoms with E-state index in [0.29, 0.717) is 6.42 Å². The number of fused-ring (bicyclic) bond motifs is 1. The van der Waals surface area contributed by atoms with Crippen molar-refractivity contribution in [2.45, 2.75) is 26.3 Å². The number of likely N-dealkylation sites (N-methyl/N-ethyl adjacent to an activating group) is 1. The normalized spacial score (nSPS) is 12.8. The van der Waals surface area contributed by atoms with Crippen molar-refractivity contribution in [3.63, 3.8) is 0 Å². The summed E-state index contributed by atoms with van der Waals surface area (Å²) in [6.45, 7) is 3.86. The first kappa shape index (κ1) is 13.7. The molecule has 0 fully saturated rings. The minimum Gasteiger partial charge on any atom is -0.310 e. The van der Waals surface area contributed by atoms with E-state index in [4.69, 9.17) is 0 Å².